The van der Waals surface area contributed by atoms with Crippen LogP contribution in [0.15, 0.2) is 0 Å². The van der Waals surface area contributed by atoms with E-state index in [1.54, 1.807) is 18.9 Å². The van der Waals surface area contributed by atoms with E-state index in [9.17, 15) is 0 Å². The molecule has 0 aromatic carbocycles. The van der Waals surface area contributed by atoms with E-state index in [0.29, 0.717) is 23.2 Å². The number of hydrogen-bond donors (Lipinski definition) is 2. The van der Waals surface area contributed by atoms with Crippen LogP contribution in [0.25, 0.3) is 0 Å². The van der Waals surface area contributed by atoms with Gasteiger partial charge in [0.15, 0.2) is 0 Å². The molecule has 1 aromatic rings. The number of nitrogens with zero attached hydrogens (tertiary/aromatic N) is 3. The SMILES string of the molecule is CCCNc1nc(NCC(C)SC)nc(OC)n1. The normalized spacial score (nSPS) is 12.0. The maximum Gasteiger partial charge on any atom is 0.322 e. The molecular formula is C11H21N5OS. The molecule has 0 saturated carbocycles. The fourth-order valence-corrected chi connectivity index (χ4v) is 1.41. The maximum absolute atomic E-state index is 5.06. The molecule has 0 aliphatic carbocycles. The van der Waals surface area contributed by atoms with Crippen molar-refractivity contribution in [2.24, 2.45) is 0 Å². The molecule has 0 amide bonds. The van der Waals surface area contributed by atoms with Crippen LogP contribution in [-0.2, 0) is 0 Å². The summed E-state index contributed by atoms with van der Waals surface area (Å²) in [6.07, 6.45) is 3.09. The summed E-state index contributed by atoms with van der Waals surface area (Å²) in [5.41, 5.74) is 0. The summed E-state index contributed by atoms with van der Waals surface area (Å²) in [5.74, 6) is 1.09. The third kappa shape index (κ3) is 4.95. The van der Waals surface area contributed by atoms with E-state index in [2.05, 4.69) is 45.7 Å². The fraction of sp³-hybridized carbons (Fsp3) is 0.727. The van der Waals surface area contributed by atoms with Crippen LogP contribution in [0.3, 0.4) is 0 Å². The molecule has 0 aliphatic heterocycles. The highest BCUT2D eigenvalue weighted by Crippen LogP contribution is 2.12. The summed E-state index contributed by atoms with van der Waals surface area (Å²) >= 11 is 1.79. The summed E-state index contributed by atoms with van der Waals surface area (Å²) in [5, 5.41) is 6.81. The van der Waals surface area contributed by atoms with Gasteiger partial charge < -0.3 is 15.4 Å². The van der Waals surface area contributed by atoms with Gasteiger partial charge in [-0.05, 0) is 12.7 Å². The first-order chi connectivity index (χ1) is 8.69. The molecular weight excluding hydrogens is 250 g/mol. The minimum atomic E-state index is 0.322. The predicted molar refractivity (Wildman–Crippen MR) is 76.6 cm³/mol. The Balaban J connectivity index is 2.70. The zero-order valence-corrected chi connectivity index (χ0v) is 12.2. The van der Waals surface area contributed by atoms with Gasteiger partial charge in [0.05, 0.1) is 7.11 Å². The van der Waals surface area contributed by atoms with E-state index < -0.39 is 0 Å². The van der Waals surface area contributed by atoms with Gasteiger partial charge in [-0.2, -0.15) is 26.7 Å². The summed E-state index contributed by atoms with van der Waals surface area (Å²) in [4.78, 5) is 12.6. The minimum Gasteiger partial charge on any atom is -0.467 e. The van der Waals surface area contributed by atoms with Gasteiger partial charge in [0.25, 0.3) is 0 Å². The Labute approximate surface area is 112 Å². The standard InChI is InChI=1S/C11H21N5OS/c1-5-6-12-9-14-10(13-7-8(2)18-4)16-11(15-9)17-3/h8H,5-7H2,1-4H3,(H2,12,13,14,15,16). The molecule has 1 aromatic heterocycles. The highest BCUT2D eigenvalue weighted by Gasteiger charge is 2.07. The first-order valence-electron chi connectivity index (χ1n) is 6.00. The zero-order chi connectivity index (χ0) is 13.4. The topological polar surface area (TPSA) is 72.0 Å². The van der Waals surface area contributed by atoms with Crippen molar-refractivity contribution in [3.05, 3.63) is 0 Å². The lowest BCUT2D eigenvalue weighted by Gasteiger charge is -2.11. The Hall–Kier alpha value is -1.24. The Morgan fingerprint density at radius 3 is 2.44 bits per heavy atom. The molecule has 18 heavy (non-hydrogen) atoms. The van der Waals surface area contributed by atoms with Crippen LogP contribution in [0.2, 0.25) is 0 Å². The average Bonchev–Trinajstić information content (AvgIpc) is 2.42. The van der Waals surface area contributed by atoms with Crippen molar-refractivity contribution in [3.8, 4) is 6.01 Å². The van der Waals surface area contributed by atoms with Crippen molar-refractivity contribution in [1.29, 1.82) is 0 Å². The molecule has 0 spiro atoms. The van der Waals surface area contributed by atoms with Crippen LogP contribution in [0.5, 0.6) is 6.01 Å². The first-order valence-corrected chi connectivity index (χ1v) is 7.29. The molecule has 1 atom stereocenters. The number of anilines is 2. The van der Waals surface area contributed by atoms with Gasteiger partial charge in [0.1, 0.15) is 0 Å². The van der Waals surface area contributed by atoms with E-state index in [4.69, 9.17) is 4.74 Å². The summed E-state index contributed by atoms with van der Waals surface area (Å²) in [7, 11) is 1.55. The van der Waals surface area contributed by atoms with Crippen LogP contribution in [0.1, 0.15) is 20.3 Å². The van der Waals surface area contributed by atoms with Crippen molar-refractivity contribution >= 4 is 23.7 Å². The van der Waals surface area contributed by atoms with Crippen molar-refractivity contribution in [1.82, 2.24) is 15.0 Å². The van der Waals surface area contributed by atoms with Gasteiger partial charge in [0, 0.05) is 18.3 Å². The van der Waals surface area contributed by atoms with Crippen molar-refractivity contribution < 1.29 is 4.74 Å². The number of aromatic nitrogens is 3. The van der Waals surface area contributed by atoms with E-state index in [1.807, 2.05) is 0 Å². The highest BCUT2D eigenvalue weighted by molar-refractivity contribution is 7.99. The Bertz CT molecular complexity index is 363. The van der Waals surface area contributed by atoms with Crippen molar-refractivity contribution in [2.75, 3.05) is 37.1 Å². The maximum atomic E-state index is 5.06. The van der Waals surface area contributed by atoms with Crippen LogP contribution in [0.4, 0.5) is 11.9 Å². The largest absolute Gasteiger partial charge is 0.467 e. The molecule has 7 heteroatoms. The van der Waals surface area contributed by atoms with Crippen LogP contribution in [0, 0.1) is 0 Å². The molecule has 2 N–H and O–H groups in total. The molecule has 102 valence electrons. The van der Waals surface area contributed by atoms with Gasteiger partial charge in [-0.1, -0.05) is 13.8 Å². The highest BCUT2D eigenvalue weighted by atomic mass is 32.2. The molecule has 1 unspecified atom stereocenters. The van der Waals surface area contributed by atoms with Gasteiger partial charge in [-0.15, -0.1) is 0 Å². The molecule has 1 heterocycles. The molecule has 0 bridgehead atoms. The lowest BCUT2D eigenvalue weighted by molar-refractivity contribution is 0.379. The summed E-state index contributed by atoms with van der Waals surface area (Å²) in [6.45, 7) is 5.87. The Kier molecular flexibility index (Phi) is 6.56. The Morgan fingerprint density at radius 1 is 1.22 bits per heavy atom. The smallest absolute Gasteiger partial charge is 0.322 e. The van der Waals surface area contributed by atoms with Crippen LogP contribution < -0.4 is 15.4 Å². The third-order valence-electron chi connectivity index (χ3n) is 2.28. The second-order valence-corrected chi connectivity index (χ2v) is 5.10. The second kappa shape index (κ2) is 7.97. The number of hydrogen-bond acceptors (Lipinski definition) is 7. The van der Waals surface area contributed by atoms with E-state index in [1.165, 1.54) is 0 Å². The lowest BCUT2D eigenvalue weighted by Crippen LogP contribution is -2.16. The second-order valence-electron chi connectivity index (χ2n) is 3.82. The van der Waals surface area contributed by atoms with Gasteiger partial charge in [0.2, 0.25) is 11.9 Å². The summed E-state index contributed by atoms with van der Waals surface area (Å²) in [6, 6.07) is 0.322. The van der Waals surface area contributed by atoms with E-state index >= 15 is 0 Å². The summed E-state index contributed by atoms with van der Waals surface area (Å²) < 4.78 is 5.06. The molecule has 0 radical (unpaired) electrons. The predicted octanol–water partition coefficient (Wildman–Crippen LogP) is 1.87. The molecule has 6 nitrogen and oxygen atoms in total. The molecule has 0 aliphatic rings. The van der Waals surface area contributed by atoms with Crippen molar-refractivity contribution in [3.63, 3.8) is 0 Å². The number of nitrogens with one attached hydrogen (secondary N) is 2. The van der Waals surface area contributed by atoms with Gasteiger partial charge in [-0.25, -0.2) is 0 Å². The quantitative estimate of drug-likeness (QED) is 0.747. The fourth-order valence-electron chi connectivity index (χ4n) is 1.16. The Morgan fingerprint density at radius 2 is 1.89 bits per heavy atom. The van der Waals surface area contributed by atoms with E-state index in [-0.39, 0.29) is 0 Å². The third-order valence-corrected chi connectivity index (χ3v) is 3.25. The molecule has 0 fully saturated rings. The van der Waals surface area contributed by atoms with Crippen LogP contribution in [-0.4, -0.2) is 46.7 Å². The van der Waals surface area contributed by atoms with Gasteiger partial charge >= 0.3 is 6.01 Å². The molecule has 1 rings (SSSR count). The number of ether oxygens (including phenoxy) is 1. The van der Waals surface area contributed by atoms with Crippen LogP contribution >= 0.6 is 11.8 Å². The zero-order valence-electron chi connectivity index (χ0n) is 11.4. The number of rotatable bonds is 8. The number of methoxy groups -OCH3 is 1. The van der Waals surface area contributed by atoms with E-state index in [0.717, 1.165) is 19.5 Å². The minimum absolute atomic E-state index is 0.322. The van der Waals surface area contributed by atoms with Crippen molar-refractivity contribution in [2.45, 2.75) is 25.5 Å². The van der Waals surface area contributed by atoms with Gasteiger partial charge in [-0.3, -0.25) is 0 Å². The lowest BCUT2D eigenvalue weighted by atomic mass is 10.5. The molecule has 0 saturated heterocycles. The monoisotopic (exact) mass is 271 g/mol. The number of thioether (sulfide) groups is 1. The first kappa shape index (κ1) is 14.8. The average molecular weight is 271 g/mol.